The second-order valence-electron chi connectivity index (χ2n) is 19.1. The van der Waals surface area contributed by atoms with E-state index >= 15 is 4.79 Å². The van der Waals surface area contributed by atoms with Crippen molar-refractivity contribution in [3.8, 4) is 28.8 Å². The number of halogens is 2. The number of carbonyl (C=O) groups excluding carboxylic acids is 4. The van der Waals surface area contributed by atoms with Crippen molar-refractivity contribution in [1.29, 1.82) is 0 Å². The number of alkyl halides is 2. The first kappa shape index (κ1) is 48.3. The fraction of sp³-hybridized carbons (Fsp3) is 0.574. The highest BCUT2D eigenvalue weighted by Crippen LogP contribution is 2.46. The molecule has 7 rings (SSSR count). The topological polar surface area (TPSA) is 204 Å². The van der Waals surface area contributed by atoms with E-state index in [1.165, 1.54) is 4.90 Å². The Morgan fingerprint density at radius 3 is 2.38 bits per heavy atom. The summed E-state index contributed by atoms with van der Waals surface area (Å²) in [5, 5.41) is 5.99. The van der Waals surface area contributed by atoms with Gasteiger partial charge in [-0.05, 0) is 120 Å². The number of carbonyl (C=O) groups is 4. The molecule has 4 amide bonds. The van der Waals surface area contributed by atoms with Gasteiger partial charge in [0, 0.05) is 24.6 Å². The molecule has 3 fully saturated rings. The molecule has 1 saturated heterocycles. The molecule has 3 aromatic rings. The quantitative estimate of drug-likeness (QED) is 0.167. The maximum Gasteiger partial charge on any atom is 0.408 e. The van der Waals surface area contributed by atoms with Crippen LogP contribution in [0.15, 0.2) is 54.7 Å². The van der Waals surface area contributed by atoms with Crippen LogP contribution in [-0.2, 0) is 29.1 Å². The van der Waals surface area contributed by atoms with Gasteiger partial charge in [0.2, 0.25) is 27.7 Å². The molecule has 4 heterocycles. The molecule has 7 atom stereocenters. The second kappa shape index (κ2) is 18.6. The summed E-state index contributed by atoms with van der Waals surface area (Å²) in [7, 11) is -2.45. The number of pyridine rings is 2. The average Bonchev–Trinajstić information content (AvgIpc) is 4.17. The molecule has 19 heteroatoms. The summed E-state index contributed by atoms with van der Waals surface area (Å²) < 4.78 is 80.5. The summed E-state index contributed by atoms with van der Waals surface area (Å²) in [6.45, 7) is 10.1. The third-order valence-electron chi connectivity index (χ3n) is 12.9. The lowest BCUT2D eigenvalue weighted by Crippen LogP contribution is -2.59. The molecule has 7 unspecified atom stereocenters. The Morgan fingerprint density at radius 2 is 1.73 bits per heavy atom. The zero-order valence-electron chi connectivity index (χ0n) is 38.6. The van der Waals surface area contributed by atoms with E-state index in [0.29, 0.717) is 72.7 Å². The SMILES string of the molecule is COc1ccc2c(OC3CC4C(=O)NC5(C(=O)NS(=O)(=O)C6CC6)CC5C=CCCC(C)CC(C)C(NC(=O)OC(C)(C)C(C)(F)F)C(=O)N4C3)nc(-c3ccc(OC(C)C)cn3)cc2c1. The van der Waals surface area contributed by atoms with Gasteiger partial charge >= 0.3 is 6.09 Å². The first-order valence-electron chi connectivity index (χ1n) is 22.5. The van der Waals surface area contributed by atoms with Crippen LogP contribution in [0.2, 0.25) is 0 Å². The van der Waals surface area contributed by atoms with E-state index in [2.05, 4.69) is 20.3 Å². The summed E-state index contributed by atoms with van der Waals surface area (Å²) in [6.07, 6.45) is 5.55. The number of nitrogens with one attached hydrogen (secondary N) is 3. The zero-order valence-corrected chi connectivity index (χ0v) is 39.4. The van der Waals surface area contributed by atoms with E-state index in [1.807, 2.05) is 39.0 Å². The van der Waals surface area contributed by atoms with Crippen molar-refractivity contribution in [3.63, 3.8) is 0 Å². The molecule has 3 N–H and O–H groups in total. The summed E-state index contributed by atoms with van der Waals surface area (Å²) in [5.74, 6) is -5.59. The molecule has 2 aliphatic heterocycles. The van der Waals surface area contributed by atoms with Crippen molar-refractivity contribution >= 4 is 44.6 Å². The van der Waals surface area contributed by atoms with Gasteiger partial charge in [-0.25, -0.2) is 27.0 Å². The molecule has 0 radical (unpaired) electrons. The van der Waals surface area contributed by atoms with Crippen LogP contribution in [0.1, 0.15) is 93.4 Å². The normalized spacial score (nSPS) is 26.3. The molecular formula is C47H60F2N6O10S. The van der Waals surface area contributed by atoms with Gasteiger partial charge in [0.15, 0.2) is 5.60 Å². The third-order valence-corrected chi connectivity index (χ3v) is 14.8. The number of hydrogen-bond acceptors (Lipinski definition) is 12. The van der Waals surface area contributed by atoms with Gasteiger partial charge in [-0.15, -0.1) is 0 Å². The van der Waals surface area contributed by atoms with Crippen molar-refractivity contribution in [2.24, 2.45) is 17.8 Å². The molecule has 4 aliphatic rings. The van der Waals surface area contributed by atoms with Gasteiger partial charge in [-0.3, -0.25) is 24.1 Å². The number of alkyl carbamates (subject to hydrolysis) is 1. The minimum atomic E-state index is -3.99. The van der Waals surface area contributed by atoms with E-state index in [9.17, 15) is 31.6 Å². The Kier molecular flexibility index (Phi) is 13.6. The molecule has 1 aromatic carbocycles. The predicted molar refractivity (Wildman–Crippen MR) is 240 cm³/mol. The summed E-state index contributed by atoms with van der Waals surface area (Å²) in [6, 6.07) is 8.02. The minimum absolute atomic E-state index is 0.000784. The Bertz CT molecular complexity index is 2480. The number of fused-ring (bicyclic) bond motifs is 3. The number of allylic oxidation sites excluding steroid dienone is 1. The number of nitrogens with zero attached hydrogens (tertiary/aromatic N) is 3. The lowest BCUT2D eigenvalue weighted by molar-refractivity contribution is -0.152. The first-order valence-corrected chi connectivity index (χ1v) is 24.1. The number of benzene rings is 1. The summed E-state index contributed by atoms with van der Waals surface area (Å²) in [5.41, 5.74) is -2.93. The molecule has 2 aromatic heterocycles. The number of hydrogen-bond donors (Lipinski definition) is 3. The highest BCUT2D eigenvalue weighted by molar-refractivity contribution is 7.91. The number of sulfonamides is 1. The van der Waals surface area contributed by atoms with Crippen LogP contribution in [0.25, 0.3) is 22.2 Å². The van der Waals surface area contributed by atoms with E-state index in [0.717, 1.165) is 13.8 Å². The highest BCUT2D eigenvalue weighted by atomic mass is 32.2. The first-order chi connectivity index (χ1) is 31.0. The lowest BCUT2D eigenvalue weighted by Gasteiger charge is -2.35. The van der Waals surface area contributed by atoms with Crippen molar-refractivity contribution in [1.82, 2.24) is 30.2 Å². The van der Waals surface area contributed by atoms with Crippen molar-refractivity contribution < 1.29 is 55.3 Å². The average molecular weight is 939 g/mol. The van der Waals surface area contributed by atoms with Crippen LogP contribution in [0.4, 0.5) is 13.6 Å². The van der Waals surface area contributed by atoms with Crippen LogP contribution in [0.3, 0.4) is 0 Å². The smallest absolute Gasteiger partial charge is 0.408 e. The van der Waals surface area contributed by atoms with Gasteiger partial charge in [0.1, 0.15) is 35.2 Å². The van der Waals surface area contributed by atoms with Gasteiger partial charge in [0.05, 0.1) is 42.6 Å². The standard InChI is InChI=1S/C47H60F2N6O10S/c1-26(2)63-32-14-18-36(50-24-32)37-21-29-20-31(62-8)13-17-35(29)41(51-37)64-33-22-38-40(56)53-47(43(58)54-66(60,61)34-15-16-34)23-30(47)12-10-9-11-27(3)19-28(4)39(42(57)55(38)25-33)52-44(59)65-45(5,6)46(7,48)49/h10,12-14,17-18,20-21,24,26-28,30,33-34,38-39H,9,11,15-16,19,22-23,25H2,1-8H3,(H,52,59)(H,53,56)(H,54,58). The molecule has 358 valence electrons. The largest absolute Gasteiger partial charge is 0.497 e. The second-order valence-corrected chi connectivity index (χ2v) is 21.1. The Morgan fingerprint density at radius 1 is 1.00 bits per heavy atom. The molecule has 16 nitrogen and oxygen atoms in total. The number of aromatic nitrogens is 2. The van der Waals surface area contributed by atoms with E-state index in [4.69, 9.17) is 23.9 Å². The van der Waals surface area contributed by atoms with Crippen LogP contribution >= 0.6 is 0 Å². The number of methoxy groups -OCH3 is 1. The predicted octanol–water partition coefficient (Wildman–Crippen LogP) is 6.47. The highest BCUT2D eigenvalue weighted by Gasteiger charge is 2.62. The van der Waals surface area contributed by atoms with Crippen LogP contribution in [0.5, 0.6) is 17.4 Å². The van der Waals surface area contributed by atoms with Gasteiger partial charge in [0.25, 0.3) is 11.8 Å². The summed E-state index contributed by atoms with van der Waals surface area (Å²) >= 11 is 0. The van der Waals surface area contributed by atoms with Gasteiger partial charge in [-0.1, -0.05) is 26.0 Å². The van der Waals surface area contributed by atoms with Crippen molar-refractivity contribution in [2.45, 2.75) is 140 Å². The Balaban J connectivity index is 1.26. The molecule has 2 saturated carbocycles. The monoisotopic (exact) mass is 938 g/mol. The fourth-order valence-electron chi connectivity index (χ4n) is 8.56. The van der Waals surface area contributed by atoms with Gasteiger partial charge < -0.3 is 34.5 Å². The molecule has 0 bridgehead atoms. The molecule has 2 aliphatic carbocycles. The zero-order chi connectivity index (χ0) is 47.9. The molecular weight excluding hydrogens is 879 g/mol. The maximum absolute atomic E-state index is 15.1. The van der Waals surface area contributed by atoms with Gasteiger partial charge in [-0.2, -0.15) is 0 Å². The van der Waals surface area contributed by atoms with Crippen LogP contribution < -0.4 is 29.6 Å². The Labute approximate surface area is 384 Å². The van der Waals surface area contributed by atoms with Crippen molar-refractivity contribution in [3.05, 3.63) is 54.7 Å². The maximum atomic E-state index is 15.1. The van der Waals surface area contributed by atoms with E-state index in [1.54, 1.807) is 50.6 Å². The third kappa shape index (κ3) is 10.7. The fourth-order valence-corrected chi connectivity index (χ4v) is 9.92. The van der Waals surface area contributed by atoms with Crippen LogP contribution in [-0.4, -0.2) is 107 Å². The van der Waals surface area contributed by atoms with Crippen molar-refractivity contribution in [2.75, 3.05) is 13.7 Å². The molecule has 0 spiro atoms. The number of amides is 4. The Hall–Kier alpha value is -5.59. The number of rotatable bonds is 12. The lowest BCUT2D eigenvalue weighted by atomic mass is 9.88. The molecule has 66 heavy (non-hydrogen) atoms. The number of ether oxygens (including phenoxy) is 4. The van der Waals surface area contributed by atoms with E-state index < -0.39 is 86.2 Å². The minimum Gasteiger partial charge on any atom is -0.497 e. The van der Waals surface area contributed by atoms with E-state index in [-0.39, 0.29) is 37.3 Å². The summed E-state index contributed by atoms with van der Waals surface area (Å²) in [4.78, 5) is 68.0. The van der Waals surface area contributed by atoms with Crippen LogP contribution in [0, 0.1) is 17.8 Å².